The molecule has 0 saturated carbocycles. The molecule has 0 saturated heterocycles. The van der Waals surface area contributed by atoms with Gasteiger partial charge in [0.25, 0.3) is 0 Å². The molecule has 2 aromatic rings. The summed E-state index contributed by atoms with van der Waals surface area (Å²) in [7, 11) is 1.62. The molecule has 0 amide bonds. The number of hydrogen-bond acceptors (Lipinski definition) is 3. The van der Waals surface area contributed by atoms with Gasteiger partial charge in [0.2, 0.25) is 0 Å². The molecule has 0 aliphatic carbocycles. The fraction of sp³-hybridized carbons (Fsp3) is 0.188. The molecular formula is C16H15BrO2S. The molecule has 0 aliphatic heterocycles. The van der Waals surface area contributed by atoms with Gasteiger partial charge in [-0.25, -0.2) is 0 Å². The standard InChI is InChI=1S/C16H15BrO2S/c1-10-8-14(11(2)20-10)15(18)6-4-12-9-13(17)5-7-16(12)19-3/h4-9H,1-3H3/b6-4+. The number of halogens is 1. The van der Waals surface area contributed by atoms with Crippen LogP contribution >= 0.6 is 27.3 Å². The largest absolute Gasteiger partial charge is 0.496 e. The van der Waals surface area contributed by atoms with E-state index in [0.717, 1.165) is 31.1 Å². The quantitative estimate of drug-likeness (QED) is 0.570. The number of carbonyl (C=O) groups is 1. The van der Waals surface area contributed by atoms with E-state index in [1.807, 2.05) is 38.1 Å². The summed E-state index contributed by atoms with van der Waals surface area (Å²) in [5.74, 6) is 0.768. The van der Waals surface area contributed by atoms with Crippen molar-refractivity contribution in [1.82, 2.24) is 0 Å². The maximum absolute atomic E-state index is 12.2. The number of ketones is 1. The Morgan fingerprint density at radius 2 is 2.05 bits per heavy atom. The van der Waals surface area contributed by atoms with Crippen molar-refractivity contribution >= 4 is 39.1 Å². The van der Waals surface area contributed by atoms with Gasteiger partial charge < -0.3 is 4.74 Å². The number of aryl methyl sites for hydroxylation is 2. The zero-order valence-electron chi connectivity index (χ0n) is 11.6. The van der Waals surface area contributed by atoms with Gasteiger partial charge in [-0.05, 0) is 50.3 Å². The second-order valence-electron chi connectivity index (χ2n) is 4.41. The van der Waals surface area contributed by atoms with E-state index in [1.54, 1.807) is 30.6 Å². The first-order valence-electron chi connectivity index (χ1n) is 6.14. The van der Waals surface area contributed by atoms with Gasteiger partial charge in [-0.1, -0.05) is 15.9 Å². The highest BCUT2D eigenvalue weighted by Crippen LogP contribution is 2.25. The first kappa shape index (κ1) is 15.0. The molecule has 2 rings (SSSR count). The SMILES string of the molecule is COc1ccc(Br)cc1/C=C/C(=O)c1cc(C)sc1C. The van der Waals surface area contributed by atoms with Crippen LogP contribution in [0.2, 0.25) is 0 Å². The molecule has 0 fully saturated rings. The number of methoxy groups -OCH3 is 1. The van der Waals surface area contributed by atoms with E-state index < -0.39 is 0 Å². The summed E-state index contributed by atoms with van der Waals surface area (Å²) in [6.45, 7) is 3.98. The van der Waals surface area contributed by atoms with Gasteiger partial charge in [0.05, 0.1) is 7.11 Å². The van der Waals surface area contributed by atoms with E-state index >= 15 is 0 Å². The number of carbonyl (C=O) groups excluding carboxylic acids is 1. The average Bonchev–Trinajstić information content (AvgIpc) is 2.75. The van der Waals surface area contributed by atoms with Gasteiger partial charge in [-0.2, -0.15) is 0 Å². The zero-order chi connectivity index (χ0) is 14.7. The summed E-state index contributed by atoms with van der Waals surface area (Å²) in [4.78, 5) is 14.4. The van der Waals surface area contributed by atoms with Crippen molar-refractivity contribution in [2.24, 2.45) is 0 Å². The second-order valence-corrected chi connectivity index (χ2v) is 6.79. The topological polar surface area (TPSA) is 26.3 Å². The molecular weight excluding hydrogens is 336 g/mol. The van der Waals surface area contributed by atoms with E-state index in [2.05, 4.69) is 15.9 Å². The van der Waals surface area contributed by atoms with Crippen LogP contribution in [0.1, 0.15) is 25.7 Å². The highest BCUT2D eigenvalue weighted by atomic mass is 79.9. The van der Waals surface area contributed by atoms with Crippen molar-refractivity contribution in [1.29, 1.82) is 0 Å². The molecule has 1 aromatic carbocycles. The summed E-state index contributed by atoms with van der Waals surface area (Å²) >= 11 is 5.06. The first-order valence-corrected chi connectivity index (χ1v) is 7.75. The second kappa shape index (κ2) is 6.37. The normalized spacial score (nSPS) is 11.0. The number of allylic oxidation sites excluding steroid dienone is 1. The Morgan fingerprint density at radius 3 is 2.65 bits per heavy atom. The Balaban J connectivity index is 2.27. The highest BCUT2D eigenvalue weighted by molar-refractivity contribution is 9.10. The Labute approximate surface area is 131 Å². The number of ether oxygens (including phenoxy) is 1. The zero-order valence-corrected chi connectivity index (χ0v) is 14.0. The molecule has 1 aromatic heterocycles. The molecule has 0 atom stereocenters. The molecule has 104 valence electrons. The maximum Gasteiger partial charge on any atom is 0.186 e. The first-order chi connectivity index (χ1) is 9.51. The minimum Gasteiger partial charge on any atom is -0.496 e. The van der Waals surface area contributed by atoms with Crippen molar-refractivity contribution in [3.8, 4) is 5.75 Å². The van der Waals surface area contributed by atoms with Crippen molar-refractivity contribution in [2.75, 3.05) is 7.11 Å². The lowest BCUT2D eigenvalue weighted by Gasteiger charge is -2.04. The smallest absolute Gasteiger partial charge is 0.186 e. The summed E-state index contributed by atoms with van der Waals surface area (Å²) in [6, 6.07) is 7.64. The van der Waals surface area contributed by atoms with Gasteiger partial charge >= 0.3 is 0 Å². The molecule has 1 heterocycles. The summed E-state index contributed by atoms with van der Waals surface area (Å²) < 4.78 is 6.24. The van der Waals surface area contributed by atoms with E-state index in [1.165, 1.54) is 0 Å². The van der Waals surface area contributed by atoms with Gasteiger partial charge in [0, 0.05) is 25.4 Å². The van der Waals surface area contributed by atoms with Crippen molar-refractivity contribution < 1.29 is 9.53 Å². The van der Waals surface area contributed by atoms with Crippen LogP contribution in [0.25, 0.3) is 6.08 Å². The van der Waals surface area contributed by atoms with E-state index in [4.69, 9.17) is 4.74 Å². The average molecular weight is 351 g/mol. The fourth-order valence-corrected chi connectivity index (χ4v) is 3.27. The van der Waals surface area contributed by atoms with Gasteiger partial charge in [-0.3, -0.25) is 4.79 Å². The molecule has 0 spiro atoms. The van der Waals surface area contributed by atoms with Crippen molar-refractivity contribution in [2.45, 2.75) is 13.8 Å². The van der Waals surface area contributed by atoms with E-state index in [9.17, 15) is 4.79 Å². The van der Waals surface area contributed by atoms with E-state index in [-0.39, 0.29) is 5.78 Å². The monoisotopic (exact) mass is 350 g/mol. The highest BCUT2D eigenvalue weighted by Gasteiger charge is 2.09. The van der Waals surface area contributed by atoms with Crippen molar-refractivity contribution in [3.05, 3.63) is 55.7 Å². The maximum atomic E-state index is 12.2. The number of rotatable bonds is 4. The molecule has 0 N–H and O–H groups in total. The van der Waals surface area contributed by atoms with Crippen LogP contribution in [0.15, 0.2) is 34.8 Å². The van der Waals surface area contributed by atoms with Gasteiger partial charge in [0.15, 0.2) is 5.78 Å². The Kier molecular flexibility index (Phi) is 4.78. The van der Waals surface area contributed by atoms with Gasteiger partial charge in [0.1, 0.15) is 5.75 Å². The van der Waals surface area contributed by atoms with Crippen LogP contribution in [0.3, 0.4) is 0 Å². The predicted molar refractivity (Wildman–Crippen MR) is 87.9 cm³/mol. The summed E-state index contributed by atoms with van der Waals surface area (Å²) in [6.07, 6.45) is 3.39. The molecule has 4 heteroatoms. The molecule has 0 unspecified atom stereocenters. The van der Waals surface area contributed by atoms with Crippen LogP contribution < -0.4 is 4.74 Å². The number of benzene rings is 1. The van der Waals surface area contributed by atoms with Crippen LogP contribution in [0.5, 0.6) is 5.75 Å². The van der Waals surface area contributed by atoms with Gasteiger partial charge in [-0.15, -0.1) is 11.3 Å². The number of thiophene rings is 1. The Hall–Kier alpha value is -1.39. The Morgan fingerprint density at radius 1 is 1.30 bits per heavy atom. The molecule has 20 heavy (non-hydrogen) atoms. The minimum absolute atomic E-state index is 0.0221. The molecule has 0 radical (unpaired) electrons. The van der Waals surface area contributed by atoms with Crippen molar-refractivity contribution in [3.63, 3.8) is 0 Å². The van der Waals surface area contributed by atoms with Crippen LogP contribution in [0, 0.1) is 13.8 Å². The lowest BCUT2D eigenvalue weighted by Crippen LogP contribution is -1.94. The molecule has 2 nitrogen and oxygen atoms in total. The fourth-order valence-electron chi connectivity index (χ4n) is 1.97. The summed E-state index contributed by atoms with van der Waals surface area (Å²) in [5, 5.41) is 0. The molecule has 0 bridgehead atoms. The third-order valence-electron chi connectivity index (χ3n) is 2.91. The van der Waals surface area contributed by atoms with E-state index in [0.29, 0.717) is 0 Å². The lowest BCUT2D eigenvalue weighted by molar-refractivity contribution is 0.104. The Bertz CT molecular complexity index is 671. The van der Waals surface area contributed by atoms with Crippen LogP contribution in [-0.4, -0.2) is 12.9 Å². The summed E-state index contributed by atoms with van der Waals surface area (Å²) in [5.41, 5.74) is 1.65. The van der Waals surface area contributed by atoms with Crippen LogP contribution in [-0.2, 0) is 0 Å². The third kappa shape index (κ3) is 3.38. The number of hydrogen-bond donors (Lipinski definition) is 0. The van der Waals surface area contributed by atoms with Crippen LogP contribution in [0.4, 0.5) is 0 Å². The predicted octanol–water partition coefficient (Wildman–Crippen LogP) is 5.03. The minimum atomic E-state index is 0.0221. The lowest BCUT2D eigenvalue weighted by atomic mass is 10.1. The molecule has 0 aliphatic rings. The third-order valence-corrected chi connectivity index (χ3v) is 4.37.